The molecule has 0 bridgehead atoms. The van der Waals surface area contributed by atoms with E-state index in [1.165, 1.54) is 11.1 Å². The minimum atomic E-state index is 0.0996. The number of hydrogen-bond donors (Lipinski definition) is 0. The largest absolute Gasteiger partial charge is 0.303 e. The molecule has 0 N–H and O–H groups in total. The Kier molecular flexibility index (Phi) is 3.11. The van der Waals surface area contributed by atoms with Crippen LogP contribution in [0.15, 0.2) is 18.2 Å². The number of fused-ring (bicyclic) bond motifs is 1. The first-order chi connectivity index (χ1) is 7.24. The van der Waals surface area contributed by atoms with E-state index in [1.807, 2.05) is 19.1 Å². The summed E-state index contributed by atoms with van der Waals surface area (Å²) in [4.78, 5) is 10.9. The lowest BCUT2D eigenvalue weighted by molar-refractivity contribution is -0.111. The van der Waals surface area contributed by atoms with Crippen LogP contribution in [0.2, 0.25) is 5.02 Å². The molecule has 0 saturated heterocycles. The molecule has 2 atom stereocenters. The first-order valence-corrected chi connectivity index (χ1v) is 5.84. The van der Waals surface area contributed by atoms with E-state index in [2.05, 4.69) is 6.07 Å². The van der Waals surface area contributed by atoms with Crippen LogP contribution in [-0.2, 0) is 11.2 Å². The normalized spacial score (nSPS) is 21.9. The number of benzene rings is 1. The maximum Gasteiger partial charge on any atom is 0.123 e. The molecule has 1 aromatic carbocycles. The molecule has 0 heterocycles. The maximum absolute atomic E-state index is 10.9. The quantitative estimate of drug-likeness (QED) is 0.699. The summed E-state index contributed by atoms with van der Waals surface area (Å²) >= 11 is 6.17. The Labute approximate surface area is 95.4 Å². The van der Waals surface area contributed by atoms with Crippen LogP contribution in [0.25, 0.3) is 0 Å². The number of aldehydes is 1. The smallest absolute Gasteiger partial charge is 0.123 e. The van der Waals surface area contributed by atoms with Gasteiger partial charge in [0.2, 0.25) is 0 Å². The highest BCUT2D eigenvalue weighted by Crippen LogP contribution is 2.38. The Morgan fingerprint density at radius 2 is 2.33 bits per heavy atom. The lowest BCUT2D eigenvalue weighted by Crippen LogP contribution is -2.17. The highest BCUT2D eigenvalue weighted by Gasteiger charge is 2.25. The first kappa shape index (κ1) is 10.7. The van der Waals surface area contributed by atoms with Gasteiger partial charge in [0.1, 0.15) is 6.29 Å². The Morgan fingerprint density at radius 1 is 1.53 bits per heavy atom. The van der Waals surface area contributed by atoms with Crippen LogP contribution in [0.4, 0.5) is 0 Å². The molecule has 2 unspecified atom stereocenters. The summed E-state index contributed by atoms with van der Waals surface area (Å²) in [6, 6.07) is 6.04. The van der Waals surface area contributed by atoms with E-state index in [1.54, 1.807) is 0 Å². The van der Waals surface area contributed by atoms with Crippen molar-refractivity contribution >= 4 is 17.9 Å². The van der Waals surface area contributed by atoms with Gasteiger partial charge in [-0.15, -0.1) is 0 Å². The molecule has 1 aliphatic rings. The Bertz CT molecular complexity index is 373. The minimum Gasteiger partial charge on any atom is -0.303 e. The molecule has 2 rings (SSSR count). The van der Waals surface area contributed by atoms with Gasteiger partial charge in [0.05, 0.1) is 0 Å². The average Bonchev–Trinajstić information content (AvgIpc) is 2.28. The fraction of sp³-hybridized carbons (Fsp3) is 0.462. The van der Waals surface area contributed by atoms with Gasteiger partial charge in [0, 0.05) is 10.9 Å². The van der Waals surface area contributed by atoms with E-state index in [4.69, 9.17) is 11.6 Å². The van der Waals surface area contributed by atoms with E-state index in [0.29, 0.717) is 5.92 Å². The van der Waals surface area contributed by atoms with Gasteiger partial charge in [-0.3, -0.25) is 0 Å². The lowest BCUT2D eigenvalue weighted by Gasteiger charge is -2.28. The van der Waals surface area contributed by atoms with Gasteiger partial charge in [-0.1, -0.05) is 30.7 Å². The summed E-state index contributed by atoms with van der Waals surface area (Å²) in [5.74, 6) is 0.465. The molecule has 0 fully saturated rings. The molecule has 0 radical (unpaired) electrons. The predicted octanol–water partition coefficient (Wildman–Crippen LogP) is 3.59. The zero-order chi connectivity index (χ0) is 10.8. The van der Waals surface area contributed by atoms with Crippen molar-refractivity contribution in [2.75, 3.05) is 0 Å². The van der Waals surface area contributed by atoms with Crippen LogP contribution in [0.1, 0.15) is 36.8 Å². The SMILES string of the molecule is CC(C=O)C1CCCc2c(Cl)cccc21. The zero-order valence-electron chi connectivity index (χ0n) is 8.87. The van der Waals surface area contributed by atoms with Crippen LogP contribution in [0, 0.1) is 5.92 Å². The molecule has 2 heteroatoms. The number of rotatable bonds is 2. The second-order valence-electron chi connectivity index (χ2n) is 4.30. The van der Waals surface area contributed by atoms with Gasteiger partial charge in [-0.05, 0) is 42.4 Å². The van der Waals surface area contributed by atoms with E-state index >= 15 is 0 Å². The molecule has 0 aliphatic heterocycles. The monoisotopic (exact) mass is 222 g/mol. The Morgan fingerprint density at radius 3 is 3.07 bits per heavy atom. The lowest BCUT2D eigenvalue weighted by atomic mass is 9.77. The molecular weight excluding hydrogens is 208 g/mol. The van der Waals surface area contributed by atoms with Crippen LogP contribution >= 0.6 is 11.6 Å². The standard InChI is InChI=1S/C13H15ClO/c1-9(8-15)10-4-2-6-12-11(10)5-3-7-13(12)14/h3,5,7-10H,2,4,6H2,1H3. The van der Waals surface area contributed by atoms with Crippen LogP contribution in [0.5, 0.6) is 0 Å². The van der Waals surface area contributed by atoms with Crippen molar-refractivity contribution in [1.82, 2.24) is 0 Å². The molecule has 80 valence electrons. The number of halogens is 1. The topological polar surface area (TPSA) is 17.1 Å². The molecule has 1 aromatic rings. The molecule has 0 saturated carbocycles. The molecule has 0 amide bonds. The van der Waals surface area contributed by atoms with Crippen LogP contribution in [0.3, 0.4) is 0 Å². The summed E-state index contributed by atoms with van der Waals surface area (Å²) in [5.41, 5.74) is 2.54. The van der Waals surface area contributed by atoms with Gasteiger partial charge in [-0.2, -0.15) is 0 Å². The number of hydrogen-bond acceptors (Lipinski definition) is 1. The minimum absolute atomic E-state index is 0.0996. The van der Waals surface area contributed by atoms with Crippen molar-refractivity contribution in [2.24, 2.45) is 5.92 Å². The summed E-state index contributed by atoms with van der Waals surface area (Å²) < 4.78 is 0. The number of carbonyl (C=O) groups excluding carboxylic acids is 1. The van der Waals surface area contributed by atoms with Crippen molar-refractivity contribution < 1.29 is 4.79 Å². The molecule has 1 nitrogen and oxygen atoms in total. The highest BCUT2D eigenvalue weighted by atomic mass is 35.5. The van der Waals surface area contributed by atoms with E-state index < -0.39 is 0 Å². The third kappa shape index (κ3) is 1.93. The second-order valence-corrected chi connectivity index (χ2v) is 4.71. The van der Waals surface area contributed by atoms with Crippen molar-refractivity contribution in [3.63, 3.8) is 0 Å². The molecule has 1 aliphatic carbocycles. The van der Waals surface area contributed by atoms with E-state index in [0.717, 1.165) is 30.6 Å². The predicted molar refractivity (Wildman–Crippen MR) is 62.4 cm³/mol. The van der Waals surface area contributed by atoms with Gasteiger partial charge in [0.15, 0.2) is 0 Å². The molecule has 15 heavy (non-hydrogen) atoms. The molecular formula is C13H15ClO. The maximum atomic E-state index is 10.9. The van der Waals surface area contributed by atoms with Gasteiger partial charge in [0.25, 0.3) is 0 Å². The summed E-state index contributed by atoms with van der Waals surface area (Å²) in [6.07, 6.45) is 4.35. The fourth-order valence-electron chi connectivity index (χ4n) is 2.48. The first-order valence-electron chi connectivity index (χ1n) is 5.46. The fourth-order valence-corrected chi connectivity index (χ4v) is 2.76. The molecule has 0 aromatic heterocycles. The zero-order valence-corrected chi connectivity index (χ0v) is 9.63. The van der Waals surface area contributed by atoms with Gasteiger partial charge >= 0.3 is 0 Å². The third-order valence-corrected chi connectivity index (χ3v) is 3.70. The van der Waals surface area contributed by atoms with Crippen LogP contribution < -0.4 is 0 Å². The molecule has 0 spiro atoms. The van der Waals surface area contributed by atoms with Crippen molar-refractivity contribution in [3.05, 3.63) is 34.3 Å². The van der Waals surface area contributed by atoms with Gasteiger partial charge in [-0.25, -0.2) is 0 Å². The Hall–Kier alpha value is -0.820. The van der Waals surface area contributed by atoms with Crippen molar-refractivity contribution in [3.8, 4) is 0 Å². The number of carbonyl (C=O) groups is 1. The summed E-state index contributed by atoms with van der Waals surface area (Å²) in [5, 5.41) is 0.857. The third-order valence-electron chi connectivity index (χ3n) is 3.35. The van der Waals surface area contributed by atoms with Crippen molar-refractivity contribution in [2.45, 2.75) is 32.1 Å². The average molecular weight is 223 g/mol. The van der Waals surface area contributed by atoms with Gasteiger partial charge < -0.3 is 4.79 Å². The second kappa shape index (κ2) is 4.36. The van der Waals surface area contributed by atoms with E-state index in [-0.39, 0.29) is 5.92 Å². The van der Waals surface area contributed by atoms with Crippen molar-refractivity contribution in [1.29, 1.82) is 0 Å². The van der Waals surface area contributed by atoms with Crippen LogP contribution in [-0.4, -0.2) is 6.29 Å². The summed E-state index contributed by atoms with van der Waals surface area (Å²) in [6.45, 7) is 1.99. The summed E-state index contributed by atoms with van der Waals surface area (Å²) in [7, 11) is 0. The highest BCUT2D eigenvalue weighted by molar-refractivity contribution is 6.31. The Balaban J connectivity index is 2.42. The van der Waals surface area contributed by atoms with E-state index in [9.17, 15) is 4.79 Å².